The van der Waals surface area contributed by atoms with Crippen LogP contribution in [0, 0.1) is 0 Å². The van der Waals surface area contributed by atoms with Gasteiger partial charge < -0.3 is 25.4 Å². The molecule has 4 rings (SSSR count). The molecule has 1 atom stereocenters. The van der Waals surface area contributed by atoms with Gasteiger partial charge in [-0.25, -0.2) is 9.97 Å². The Morgan fingerprint density at radius 3 is 2.69 bits per heavy atom. The minimum absolute atomic E-state index is 0.0854. The monoisotopic (exact) mass is 410 g/mol. The third-order valence-electron chi connectivity index (χ3n) is 4.79. The van der Waals surface area contributed by atoms with Gasteiger partial charge in [0.15, 0.2) is 0 Å². The van der Waals surface area contributed by atoms with Crippen molar-refractivity contribution in [2.75, 3.05) is 50.0 Å². The lowest BCUT2D eigenvalue weighted by atomic mass is 10.1. The molecule has 4 heterocycles. The van der Waals surface area contributed by atoms with Crippen molar-refractivity contribution in [2.45, 2.75) is 18.7 Å². The highest BCUT2D eigenvalue weighted by molar-refractivity contribution is 5.67. The minimum Gasteiger partial charge on any atom is -0.473 e. The molecule has 156 valence electrons. The van der Waals surface area contributed by atoms with Gasteiger partial charge in [-0.05, 0) is 19.0 Å². The predicted octanol–water partition coefficient (Wildman–Crippen LogP) is 1.72. The molecule has 0 amide bonds. The highest BCUT2D eigenvalue weighted by Gasteiger charge is 2.35. The molecule has 11 heteroatoms. The molecular formula is C18H21F3N6O2. The van der Waals surface area contributed by atoms with Gasteiger partial charge in [-0.1, -0.05) is 0 Å². The third kappa shape index (κ3) is 4.51. The van der Waals surface area contributed by atoms with Crippen molar-refractivity contribution in [1.82, 2.24) is 20.3 Å². The number of nitrogens with zero attached hydrogens (tertiary/aromatic N) is 4. The van der Waals surface area contributed by atoms with Crippen molar-refractivity contribution in [3.8, 4) is 17.1 Å². The second-order valence-electron chi connectivity index (χ2n) is 6.88. The van der Waals surface area contributed by atoms with E-state index in [4.69, 9.17) is 15.2 Å². The van der Waals surface area contributed by atoms with Gasteiger partial charge in [0.05, 0.1) is 24.5 Å². The van der Waals surface area contributed by atoms with Gasteiger partial charge in [0.2, 0.25) is 11.8 Å². The molecule has 8 nitrogen and oxygen atoms in total. The first kappa shape index (κ1) is 19.6. The molecule has 0 spiro atoms. The number of rotatable bonds is 4. The fraction of sp³-hybridized carbons (Fsp3) is 0.500. The average molecular weight is 410 g/mol. The number of alkyl halides is 3. The van der Waals surface area contributed by atoms with Crippen LogP contribution in [0.5, 0.6) is 5.88 Å². The molecule has 0 unspecified atom stereocenters. The fourth-order valence-corrected chi connectivity index (χ4v) is 3.33. The van der Waals surface area contributed by atoms with Crippen LogP contribution in [0.3, 0.4) is 0 Å². The SMILES string of the molecule is Nc1cc(C(F)(F)F)c(-c2cc(O[C@@H]3CCNC3)nc(N3CCOCC3)n2)cn1. The van der Waals surface area contributed by atoms with Crippen molar-refractivity contribution in [3.63, 3.8) is 0 Å². The van der Waals surface area contributed by atoms with Crippen molar-refractivity contribution in [1.29, 1.82) is 0 Å². The molecule has 0 saturated carbocycles. The smallest absolute Gasteiger partial charge is 0.417 e. The Labute approximate surface area is 165 Å². The summed E-state index contributed by atoms with van der Waals surface area (Å²) < 4.78 is 52.1. The zero-order valence-corrected chi connectivity index (χ0v) is 15.6. The lowest BCUT2D eigenvalue weighted by Gasteiger charge is -2.27. The number of aromatic nitrogens is 3. The molecule has 2 aromatic rings. The zero-order valence-electron chi connectivity index (χ0n) is 15.6. The van der Waals surface area contributed by atoms with Crippen LogP contribution in [0.4, 0.5) is 24.9 Å². The van der Waals surface area contributed by atoms with Gasteiger partial charge >= 0.3 is 6.18 Å². The molecule has 3 N–H and O–H groups in total. The first-order valence-corrected chi connectivity index (χ1v) is 9.32. The molecule has 2 fully saturated rings. The van der Waals surface area contributed by atoms with Crippen LogP contribution >= 0.6 is 0 Å². The van der Waals surface area contributed by atoms with E-state index in [1.54, 1.807) is 0 Å². The Hall–Kier alpha value is -2.66. The van der Waals surface area contributed by atoms with Gasteiger partial charge in [-0.2, -0.15) is 18.2 Å². The zero-order chi connectivity index (χ0) is 20.4. The normalized spacial score (nSPS) is 20.1. The highest BCUT2D eigenvalue weighted by Crippen LogP contribution is 2.38. The van der Waals surface area contributed by atoms with E-state index in [1.165, 1.54) is 6.07 Å². The van der Waals surface area contributed by atoms with Crippen molar-refractivity contribution < 1.29 is 22.6 Å². The number of nitrogen functional groups attached to an aromatic ring is 1. The number of anilines is 2. The molecule has 0 radical (unpaired) electrons. The topological polar surface area (TPSA) is 98.4 Å². The van der Waals surface area contributed by atoms with Crippen LogP contribution in [0.2, 0.25) is 0 Å². The Bertz CT molecular complexity index is 867. The van der Waals surface area contributed by atoms with Crippen LogP contribution in [-0.4, -0.2) is 60.4 Å². The number of nitrogens with two attached hydrogens (primary N) is 1. The minimum atomic E-state index is -4.60. The van der Waals surface area contributed by atoms with E-state index >= 15 is 0 Å². The average Bonchev–Trinajstić information content (AvgIpc) is 3.21. The van der Waals surface area contributed by atoms with E-state index in [2.05, 4.69) is 20.3 Å². The summed E-state index contributed by atoms with van der Waals surface area (Å²) in [7, 11) is 0. The van der Waals surface area contributed by atoms with E-state index in [0.29, 0.717) is 38.8 Å². The highest BCUT2D eigenvalue weighted by atomic mass is 19.4. The van der Waals surface area contributed by atoms with Crippen LogP contribution in [0.25, 0.3) is 11.3 Å². The summed E-state index contributed by atoms with van der Waals surface area (Å²) in [4.78, 5) is 14.5. The Morgan fingerprint density at radius 1 is 1.21 bits per heavy atom. The third-order valence-corrected chi connectivity index (χ3v) is 4.79. The molecule has 29 heavy (non-hydrogen) atoms. The van der Waals surface area contributed by atoms with Gasteiger partial charge in [-0.3, -0.25) is 0 Å². The number of halogens is 3. The summed E-state index contributed by atoms with van der Waals surface area (Å²) in [6, 6.07) is 2.23. The number of nitrogens with one attached hydrogen (secondary N) is 1. The lowest BCUT2D eigenvalue weighted by molar-refractivity contribution is -0.137. The van der Waals surface area contributed by atoms with Gasteiger partial charge in [-0.15, -0.1) is 0 Å². The van der Waals surface area contributed by atoms with E-state index in [1.807, 2.05) is 4.90 Å². The first-order valence-electron chi connectivity index (χ1n) is 9.32. The number of hydrogen-bond donors (Lipinski definition) is 2. The second kappa shape index (κ2) is 7.99. The van der Waals surface area contributed by atoms with Gasteiger partial charge in [0.25, 0.3) is 0 Å². The maximum Gasteiger partial charge on any atom is 0.417 e. The lowest BCUT2D eigenvalue weighted by Crippen LogP contribution is -2.37. The summed E-state index contributed by atoms with van der Waals surface area (Å²) in [5.74, 6) is 0.323. The predicted molar refractivity (Wildman–Crippen MR) is 99.6 cm³/mol. The van der Waals surface area contributed by atoms with Crippen LogP contribution < -0.4 is 20.7 Å². The van der Waals surface area contributed by atoms with Gasteiger partial charge in [0, 0.05) is 37.5 Å². The fourth-order valence-electron chi connectivity index (χ4n) is 3.33. The molecular weight excluding hydrogens is 389 g/mol. The molecule has 0 aromatic carbocycles. The van der Waals surface area contributed by atoms with Crippen LogP contribution in [0.1, 0.15) is 12.0 Å². The number of hydrogen-bond acceptors (Lipinski definition) is 8. The summed E-state index contributed by atoms with van der Waals surface area (Å²) in [6.45, 7) is 3.55. The largest absolute Gasteiger partial charge is 0.473 e. The van der Waals surface area contributed by atoms with E-state index in [9.17, 15) is 13.2 Å². The van der Waals surface area contributed by atoms with Crippen molar-refractivity contribution >= 4 is 11.8 Å². The number of morpholine rings is 1. The Morgan fingerprint density at radius 2 is 2.00 bits per heavy atom. The van der Waals surface area contributed by atoms with E-state index < -0.39 is 11.7 Å². The molecule has 2 aromatic heterocycles. The molecule has 2 aliphatic rings. The maximum atomic E-state index is 13.6. The summed E-state index contributed by atoms with van der Waals surface area (Å²) in [6.07, 6.45) is -2.82. The Balaban J connectivity index is 1.77. The molecule has 2 aliphatic heterocycles. The first-order chi connectivity index (χ1) is 13.9. The quantitative estimate of drug-likeness (QED) is 0.786. The maximum absolute atomic E-state index is 13.6. The summed E-state index contributed by atoms with van der Waals surface area (Å²) in [5, 5.41) is 3.18. The van der Waals surface area contributed by atoms with Crippen molar-refractivity contribution in [3.05, 3.63) is 23.9 Å². The van der Waals surface area contributed by atoms with Crippen LogP contribution in [0.15, 0.2) is 18.3 Å². The summed E-state index contributed by atoms with van der Waals surface area (Å²) >= 11 is 0. The second-order valence-corrected chi connectivity index (χ2v) is 6.88. The number of ether oxygens (including phenoxy) is 2. The molecule has 0 aliphatic carbocycles. The molecule has 2 saturated heterocycles. The Kier molecular flexibility index (Phi) is 5.41. The molecule has 0 bridgehead atoms. The van der Waals surface area contributed by atoms with Gasteiger partial charge in [0.1, 0.15) is 11.9 Å². The number of pyridine rings is 1. The van der Waals surface area contributed by atoms with Crippen molar-refractivity contribution in [2.24, 2.45) is 0 Å². The van der Waals surface area contributed by atoms with E-state index in [0.717, 1.165) is 25.2 Å². The van der Waals surface area contributed by atoms with Crippen LogP contribution in [-0.2, 0) is 10.9 Å². The van der Waals surface area contributed by atoms with E-state index in [-0.39, 0.29) is 29.1 Å². The summed E-state index contributed by atoms with van der Waals surface area (Å²) in [5.41, 5.74) is 4.51. The standard InChI is InChI=1S/C18H21F3N6O2/c19-18(20,21)13-7-15(22)24-10-12(13)14-8-16(29-11-1-2-23-9-11)26-17(25-14)27-3-5-28-6-4-27/h7-8,10-11,23H,1-6,9H2,(H2,22,24)/t11-/m1/s1.